The highest BCUT2D eigenvalue weighted by molar-refractivity contribution is 5.71. The number of carbonyl (C=O) groups excluding carboxylic acids is 3. The Morgan fingerprint density at radius 2 is 0.481 bits per heavy atom. The van der Waals surface area contributed by atoms with E-state index in [0.29, 0.717) is 19.3 Å². The molecule has 0 aromatic carbocycles. The first-order chi connectivity index (χ1) is 40.0. The topological polar surface area (TPSA) is 78.9 Å². The fourth-order valence-corrected chi connectivity index (χ4v) is 10.2. The van der Waals surface area contributed by atoms with Crippen molar-refractivity contribution in [2.75, 3.05) is 13.2 Å². The zero-order valence-corrected chi connectivity index (χ0v) is 53.8. The monoisotopic (exact) mass is 1130 g/mol. The second-order valence-electron chi connectivity index (χ2n) is 23.4. The van der Waals surface area contributed by atoms with Gasteiger partial charge in [0.15, 0.2) is 6.10 Å². The van der Waals surface area contributed by atoms with E-state index < -0.39 is 6.10 Å². The number of hydrogen-bond donors (Lipinski definition) is 0. The van der Waals surface area contributed by atoms with Crippen LogP contribution in [-0.2, 0) is 28.6 Å². The highest BCUT2D eigenvalue weighted by Gasteiger charge is 2.19. The van der Waals surface area contributed by atoms with Crippen LogP contribution in [0.2, 0.25) is 0 Å². The smallest absolute Gasteiger partial charge is 0.306 e. The summed E-state index contributed by atoms with van der Waals surface area (Å²) >= 11 is 0. The predicted octanol–water partition coefficient (Wildman–Crippen LogP) is 24.2. The fourth-order valence-electron chi connectivity index (χ4n) is 10.2. The Bertz CT molecular complexity index is 1530. The molecule has 1 atom stereocenters. The highest BCUT2D eigenvalue weighted by atomic mass is 16.6. The summed E-state index contributed by atoms with van der Waals surface area (Å²) in [6.45, 7) is 6.55. The lowest BCUT2D eigenvalue weighted by Gasteiger charge is -2.18. The summed E-state index contributed by atoms with van der Waals surface area (Å²) in [5.74, 6) is -0.880. The summed E-state index contributed by atoms with van der Waals surface area (Å²) in [4.78, 5) is 38.4. The molecule has 0 radical (unpaired) electrons. The van der Waals surface area contributed by atoms with Gasteiger partial charge >= 0.3 is 17.9 Å². The molecule has 0 aromatic rings. The summed E-state index contributed by atoms with van der Waals surface area (Å²) in [6.07, 6.45) is 91.7. The molecule has 0 amide bonds. The number of unbranched alkanes of at least 4 members (excludes halogenated alkanes) is 39. The number of hydrogen-bond acceptors (Lipinski definition) is 6. The van der Waals surface area contributed by atoms with Crippen molar-refractivity contribution in [3.8, 4) is 0 Å². The van der Waals surface area contributed by atoms with Crippen LogP contribution >= 0.6 is 0 Å². The molecule has 0 aromatic heterocycles. The van der Waals surface area contributed by atoms with Crippen molar-refractivity contribution < 1.29 is 28.6 Å². The van der Waals surface area contributed by atoms with Gasteiger partial charge in [0, 0.05) is 19.3 Å². The van der Waals surface area contributed by atoms with E-state index in [4.69, 9.17) is 14.2 Å². The van der Waals surface area contributed by atoms with Crippen molar-refractivity contribution in [2.45, 2.75) is 361 Å². The molecule has 6 heteroatoms. The minimum absolute atomic E-state index is 0.0807. The molecular formula is C75H132O6. The van der Waals surface area contributed by atoms with Gasteiger partial charge in [-0.2, -0.15) is 0 Å². The SMILES string of the molecule is CC/C=C\C/C=C\C/C=C\C/C=C\C/C=C\CCCCCCCC(=O)OC(COC(=O)CCCCCCCCCCCCCCCCC)COC(=O)CCCCCCCCCCCCCCCCC/C=C\C/C=C\CCCCCCC. The van der Waals surface area contributed by atoms with E-state index in [0.717, 1.165) is 116 Å². The van der Waals surface area contributed by atoms with Gasteiger partial charge < -0.3 is 14.2 Å². The zero-order valence-electron chi connectivity index (χ0n) is 53.8. The van der Waals surface area contributed by atoms with E-state index in [9.17, 15) is 14.4 Å². The summed E-state index contributed by atoms with van der Waals surface area (Å²) in [5.41, 5.74) is 0. The van der Waals surface area contributed by atoms with Crippen LogP contribution in [0, 0.1) is 0 Å². The van der Waals surface area contributed by atoms with Crippen molar-refractivity contribution in [3.05, 3.63) is 85.1 Å². The van der Waals surface area contributed by atoms with Crippen LogP contribution in [-0.4, -0.2) is 37.2 Å². The quantitative estimate of drug-likeness (QED) is 0.0261. The van der Waals surface area contributed by atoms with Gasteiger partial charge in [0.2, 0.25) is 0 Å². The Labute approximate surface area is 503 Å². The molecule has 0 heterocycles. The van der Waals surface area contributed by atoms with Gasteiger partial charge in [0.05, 0.1) is 0 Å². The molecule has 0 aliphatic carbocycles. The van der Waals surface area contributed by atoms with Crippen LogP contribution in [0.3, 0.4) is 0 Å². The Morgan fingerprint density at radius 1 is 0.259 bits per heavy atom. The first kappa shape index (κ1) is 77.6. The first-order valence-corrected chi connectivity index (χ1v) is 35.1. The second-order valence-corrected chi connectivity index (χ2v) is 23.4. The minimum atomic E-state index is -0.787. The number of allylic oxidation sites excluding steroid dienone is 14. The molecule has 81 heavy (non-hydrogen) atoms. The van der Waals surface area contributed by atoms with Crippen molar-refractivity contribution in [3.63, 3.8) is 0 Å². The molecular weight excluding hydrogens is 997 g/mol. The molecule has 0 aliphatic heterocycles. The number of esters is 3. The van der Waals surface area contributed by atoms with Gasteiger partial charge in [-0.05, 0) is 96.3 Å². The normalized spacial score (nSPS) is 12.6. The molecule has 0 bridgehead atoms. The lowest BCUT2D eigenvalue weighted by molar-refractivity contribution is -0.167. The molecule has 0 saturated heterocycles. The van der Waals surface area contributed by atoms with E-state index in [1.807, 2.05) is 0 Å². The second kappa shape index (κ2) is 69.1. The summed E-state index contributed by atoms with van der Waals surface area (Å²) < 4.78 is 17.0. The molecule has 0 rings (SSSR count). The summed E-state index contributed by atoms with van der Waals surface area (Å²) in [6, 6.07) is 0. The van der Waals surface area contributed by atoms with Gasteiger partial charge in [-0.3, -0.25) is 14.4 Å². The molecule has 0 spiro atoms. The van der Waals surface area contributed by atoms with Crippen LogP contribution < -0.4 is 0 Å². The minimum Gasteiger partial charge on any atom is -0.462 e. The maximum atomic E-state index is 12.9. The van der Waals surface area contributed by atoms with Gasteiger partial charge in [0.25, 0.3) is 0 Å². The van der Waals surface area contributed by atoms with E-state index in [1.54, 1.807) is 0 Å². The molecule has 0 fully saturated rings. The molecule has 0 N–H and O–H groups in total. The highest BCUT2D eigenvalue weighted by Crippen LogP contribution is 2.17. The predicted molar refractivity (Wildman–Crippen MR) is 353 cm³/mol. The van der Waals surface area contributed by atoms with Crippen LogP contribution in [0.25, 0.3) is 0 Å². The third-order valence-electron chi connectivity index (χ3n) is 15.4. The van der Waals surface area contributed by atoms with Gasteiger partial charge in [-0.25, -0.2) is 0 Å². The zero-order chi connectivity index (χ0) is 58.5. The standard InChI is InChI=1S/C75H132O6/c1-4-7-10-13-16-19-22-25-28-30-32-34-35-36-37-38-39-41-42-44-47-50-53-56-59-62-65-68-74(77)80-71-72(70-79-73(76)67-64-61-58-55-52-49-46-27-24-21-18-15-12-9-6-3)81-75(78)69-66-63-60-57-54-51-48-45-43-40-33-31-29-26-23-20-17-14-11-8-5-2/h8,11,17,20,22,25-26,29-30,32-33,40,45,48,72H,4-7,9-10,12-16,18-19,21,23-24,27-28,31,34-39,41-44,46-47,49-71H2,1-3H3/b11-8-,20-17-,25-22-,29-26-,32-30-,40-33-,48-45-. The molecule has 0 saturated carbocycles. The lowest BCUT2D eigenvalue weighted by atomic mass is 10.0. The van der Waals surface area contributed by atoms with Crippen molar-refractivity contribution in [1.29, 1.82) is 0 Å². The number of rotatable bonds is 64. The maximum Gasteiger partial charge on any atom is 0.306 e. The van der Waals surface area contributed by atoms with Crippen molar-refractivity contribution in [2.24, 2.45) is 0 Å². The summed E-state index contributed by atoms with van der Waals surface area (Å²) in [7, 11) is 0. The summed E-state index contributed by atoms with van der Waals surface area (Å²) in [5, 5.41) is 0. The van der Waals surface area contributed by atoms with E-state index in [1.165, 1.54) is 199 Å². The molecule has 6 nitrogen and oxygen atoms in total. The Balaban J connectivity index is 4.32. The van der Waals surface area contributed by atoms with Crippen molar-refractivity contribution >= 4 is 17.9 Å². The van der Waals surface area contributed by atoms with Crippen LogP contribution in [0.5, 0.6) is 0 Å². The Kier molecular flexibility index (Phi) is 66.2. The van der Waals surface area contributed by atoms with Gasteiger partial charge in [-0.1, -0.05) is 324 Å². The van der Waals surface area contributed by atoms with E-state index in [2.05, 4.69) is 106 Å². The van der Waals surface area contributed by atoms with E-state index in [-0.39, 0.29) is 31.1 Å². The van der Waals surface area contributed by atoms with Crippen LogP contribution in [0.1, 0.15) is 355 Å². The first-order valence-electron chi connectivity index (χ1n) is 35.1. The third kappa shape index (κ3) is 67.3. The fraction of sp³-hybridized carbons (Fsp3) is 0.773. The van der Waals surface area contributed by atoms with Gasteiger partial charge in [0.1, 0.15) is 13.2 Å². The molecule has 468 valence electrons. The van der Waals surface area contributed by atoms with E-state index >= 15 is 0 Å². The third-order valence-corrected chi connectivity index (χ3v) is 15.4. The number of carbonyl (C=O) groups is 3. The maximum absolute atomic E-state index is 12.9. The Hall–Kier alpha value is -3.41. The lowest BCUT2D eigenvalue weighted by Crippen LogP contribution is -2.30. The molecule has 1 unspecified atom stereocenters. The largest absolute Gasteiger partial charge is 0.462 e. The Morgan fingerprint density at radius 3 is 0.753 bits per heavy atom. The van der Waals surface area contributed by atoms with Gasteiger partial charge in [-0.15, -0.1) is 0 Å². The molecule has 0 aliphatic rings. The average Bonchev–Trinajstić information content (AvgIpc) is 3.47. The average molecular weight is 1130 g/mol. The number of ether oxygens (including phenoxy) is 3. The van der Waals surface area contributed by atoms with Crippen molar-refractivity contribution in [1.82, 2.24) is 0 Å². The van der Waals surface area contributed by atoms with Crippen LogP contribution in [0.4, 0.5) is 0 Å². The van der Waals surface area contributed by atoms with Crippen LogP contribution in [0.15, 0.2) is 85.1 Å².